The fraction of sp³-hybridized carbons (Fsp3) is 0.636. The number of ether oxygens (including phenoxy) is 2. The van der Waals surface area contributed by atoms with Gasteiger partial charge in [-0.25, -0.2) is 0 Å². The van der Waals surface area contributed by atoms with Crippen molar-refractivity contribution in [3.63, 3.8) is 0 Å². The summed E-state index contributed by atoms with van der Waals surface area (Å²) in [6.45, 7) is 1.06. The van der Waals surface area contributed by atoms with E-state index in [2.05, 4.69) is 15.3 Å². The molecule has 1 aromatic heterocycles. The standard InChI is InChI=1S/C11H17N3O2/c1-12-5-8-3-9(4-8)16-11-7-13-6-10(14-11)15-2/h6-9,12H,3-5H2,1-2H3. The van der Waals surface area contributed by atoms with Crippen molar-refractivity contribution in [3.8, 4) is 11.8 Å². The van der Waals surface area contributed by atoms with Crippen LogP contribution in [-0.4, -0.2) is 36.8 Å². The van der Waals surface area contributed by atoms with Crippen LogP contribution in [0.1, 0.15) is 12.8 Å². The minimum Gasteiger partial charge on any atom is -0.480 e. The Labute approximate surface area is 95.2 Å². The molecule has 1 saturated carbocycles. The van der Waals surface area contributed by atoms with E-state index >= 15 is 0 Å². The minimum absolute atomic E-state index is 0.278. The van der Waals surface area contributed by atoms with Crippen molar-refractivity contribution in [1.82, 2.24) is 15.3 Å². The molecule has 0 unspecified atom stereocenters. The molecule has 0 amide bonds. The summed E-state index contributed by atoms with van der Waals surface area (Å²) in [5.41, 5.74) is 0. The summed E-state index contributed by atoms with van der Waals surface area (Å²) in [6, 6.07) is 0. The van der Waals surface area contributed by atoms with Crippen molar-refractivity contribution in [2.75, 3.05) is 20.7 Å². The summed E-state index contributed by atoms with van der Waals surface area (Å²) in [7, 11) is 3.54. The molecule has 0 spiro atoms. The van der Waals surface area contributed by atoms with E-state index in [1.165, 1.54) is 0 Å². The maximum absolute atomic E-state index is 5.69. The molecule has 0 saturated heterocycles. The fourth-order valence-corrected chi connectivity index (χ4v) is 1.88. The van der Waals surface area contributed by atoms with Gasteiger partial charge in [-0.3, -0.25) is 4.98 Å². The molecular formula is C11H17N3O2. The molecule has 0 atom stereocenters. The van der Waals surface area contributed by atoms with Gasteiger partial charge in [0.1, 0.15) is 6.10 Å². The summed E-state index contributed by atoms with van der Waals surface area (Å²) in [6.07, 6.45) is 5.63. The number of nitrogens with zero attached hydrogens (tertiary/aromatic N) is 2. The Morgan fingerprint density at radius 2 is 2.12 bits per heavy atom. The van der Waals surface area contributed by atoms with Crippen LogP contribution < -0.4 is 14.8 Å². The third kappa shape index (κ3) is 2.61. The SMILES string of the molecule is CNCC1CC(Oc2cncc(OC)n2)C1. The third-order valence-corrected chi connectivity index (χ3v) is 2.77. The van der Waals surface area contributed by atoms with E-state index in [0.717, 1.165) is 25.3 Å². The summed E-state index contributed by atoms with van der Waals surface area (Å²) in [4.78, 5) is 8.16. The zero-order chi connectivity index (χ0) is 11.4. The molecule has 0 bridgehead atoms. The van der Waals surface area contributed by atoms with Crippen LogP contribution in [0.25, 0.3) is 0 Å². The number of rotatable bonds is 5. The van der Waals surface area contributed by atoms with Crippen LogP contribution in [-0.2, 0) is 0 Å². The van der Waals surface area contributed by atoms with Crippen LogP contribution in [0.15, 0.2) is 12.4 Å². The van der Waals surface area contributed by atoms with Gasteiger partial charge in [-0.05, 0) is 32.4 Å². The highest BCUT2D eigenvalue weighted by molar-refractivity contribution is 5.13. The summed E-state index contributed by atoms with van der Waals surface area (Å²) >= 11 is 0. The number of aromatic nitrogens is 2. The predicted octanol–water partition coefficient (Wildman–Crippen LogP) is 0.862. The van der Waals surface area contributed by atoms with Gasteiger partial charge < -0.3 is 14.8 Å². The van der Waals surface area contributed by atoms with Gasteiger partial charge >= 0.3 is 0 Å². The predicted molar refractivity (Wildman–Crippen MR) is 59.7 cm³/mol. The van der Waals surface area contributed by atoms with Gasteiger partial charge in [0, 0.05) is 0 Å². The van der Waals surface area contributed by atoms with Gasteiger partial charge in [0.25, 0.3) is 0 Å². The summed E-state index contributed by atoms with van der Waals surface area (Å²) in [5, 5.41) is 3.17. The molecule has 5 nitrogen and oxygen atoms in total. The van der Waals surface area contributed by atoms with Gasteiger partial charge in [-0.2, -0.15) is 4.98 Å². The molecular weight excluding hydrogens is 206 g/mol. The van der Waals surface area contributed by atoms with Crippen molar-refractivity contribution < 1.29 is 9.47 Å². The lowest BCUT2D eigenvalue weighted by Gasteiger charge is -2.34. The van der Waals surface area contributed by atoms with E-state index in [9.17, 15) is 0 Å². The Hall–Kier alpha value is -1.36. The van der Waals surface area contributed by atoms with Crippen LogP contribution in [0.5, 0.6) is 11.8 Å². The molecule has 0 aliphatic heterocycles. The fourth-order valence-electron chi connectivity index (χ4n) is 1.88. The van der Waals surface area contributed by atoms with Crippen LogP contribution in [0, 0.1) is 5.92 Å². The molecule has 1 aliphatic rings. The monoisotopic (exact) mass is 223 g/mol. The lowest BCUT2D eigenvalue weighted by atomic mass is 9.82. The Kier molecular flexibility index (Phi) is 3.56. The van der Waals surface area contributed by atoms with Crippen LogP contribution in [0.3, 0.4) is 0 Å². The van der Waals surface area contributed by atoms with Crippen LogP contribution in [0.2, 0.25) is 0 Å². The lowest BCUT2D eigenvalue weighted by Crippen LogP contribution is -2.38. The first-order valence-corrected chi connectivity index (χ1v) is 5.49. The zero-order valence-electron chi connectivity index (χ0n) is 9.64. The molecule has 0 radical (unpaired) electrons. The molecule has 1 aliphatic carbocycles. The Morgan fingerprint density at radius 1 is 1.38 bits per heavy atom. The zero-order valence-corrected chi connectivity index (χ0v) is 9.64. The van der Waals surface area contributed by atoms with Crippen molar-refractivity contribution in [2.45, 2.75) is 18.9 Å². The molecule has 16 heavy (non-hydrogen) atoms. The average Bonchev–Trinajstić information content (AvgIpc) is 2.27. The van der Waals surface area contributed by atoms with Crippen LogP contribution >= 0.6 is 0 Å². The van der Waals surface area contributed by atoms with E-state index in [1.807, 2.05) is 7.05 Å². The summed E-state index contributed by atoms with van der Waals surface area (Å²) < 4.78 is 10.7. The highest BCUT2D eigenvalue weighted by Gasteiger charge is 2.30. The van der Waals surface area contributed by atoms with Gasteiger partial charge in [0.05, 0.1) is 19.5 Å². The molecule has 1 heterocycles. The quantitative estimate of drug-likeness (QED) is 0.802. The second-order valence-electron chi connectivity index (χ2n) is 4.03. The number of hydrogen-bond acceptors (Lipinski definition) is 5. The highest BCUT2D eigenvalue weighted by Crippen LogP contribution is 2.30. The first kappa shape index (κ1) is 11.1. The van der Waals surface area contributed by atoms with Crippen molar-refractivity contribution >= 4 is 0 Å². The number of nitrogens with one attached hydrogen (secondary N) is 1. The average molecular weight is 223 g/mol. The molecule has 0 aromatic carbocycles. The van der Waals surface area contributed by atoms with Crippen LogP contribution in [0.4, 0.5) is 0 Å². The molecule has 88 valence electrons. The maximum Gasteiger partial charge on any atom is 0.235 e. The van der Waals surface area contributed by atoms with Gasteiger partial charge in [0.2, 0.25) is 11.8 Å². The van der Waals surface area contributed by atoms with Crippen molar-refractivity contribution in [2.24, 2.45) is 5.92 Å². The highest BCUT2D eigenvalue weighted by atomic mass is 16.5. The third-order valence-electron chi connectivity index (χ3n) is 2.77. The van der Waals surface area contributed by atoms with Crippen molar-refractivity contribution in [3.05, 3.63) is 12.4 Å². The Balaban J connectivity index is 1.82. The molecule has 1 aromatic rings. The Morgan fingerprint density at radius 3 is 2.81 bits per heavy atom. The number of hydrogen-bond donors (Lipinski definition) is 1. The molecule has 5 heteroatoms. The number of methoxy groups -OCH3 is 1. The second kappa shape index (κ2) is 5.12. The molecule has 1 fully saturated rings. The molecule has 2 rings (SSSR count). The van der Waals surface area contributed by atoms with E-state index in [4.69, 9.17) is 9.47 Å². The van der Waals surface area contributed by atoms with E-state index in [0.29, 0.717) is 11.8 Å². The van der Waals surface area contributed by atoms with E-state index in [-0.39, 0.29) is 6.10 Å². The normalized spacial score (nSPS) is 23.6. The Bertz CT molecular complexity index is 340. The largest absolute Gasteiger partial charge is 0.480 e. The van der Waals surface area contributed by atoms with E-state index in [1.54, 1.807) is 19.5 Å². The van der Waals surface area contributed by atoms with Gasteiger partial charge in [-0.1, -0.05) is 0 Å². The first-order chi connectivity index (χ1) is 7.81. The minimum atomic E-state index is 0.278. The topological polar surface area (TPSA) is 56.3 Å². The second-order valence-corrected chi connectivity index (χ2v) is 4.03. The molecule has 1 N–H and O–H groups in total. The van der Waals surface area contributed by atoms with Gasteiger partial charge in [-0.15, -0.1) is 0 Å². The smallest absolute Gasteiger partial charge is 0.235 e. The van der Waals surface area contributed by atoms with Gasteiger partial charge in [0.15, 0.2) is 0 Å². The van der Waals surface area contributed by atoms with Crippen molar-refractivity contribution in [1.29, 1.82) is 0 Å². The summed E-state index contributed by atoms with van der Waals surface area (Å²) in [5.74, 6) is 1.77. The lowest BCUT2D eigenvalue weighted by molar-refractivity contribution is 0.0607. The first-order valence-electron chi connectivity index (χ1n) is 5.49. The maximum atomic E-state index is 5.69. The van der Waals surface area contributed by atoms with E-state index < -0.39 is 0 Å².